The lowest BCUT2D eigenvalue weighted by atomic mass is 10.3. The van der Waals surface area contributed by atoms with Gasteiger partial charge in [-0.05, 0) is 30.3 Å². The summed E-state index contributed by atoms with van der Waals surface area (Å²) in [7, 11) is 0. The molecule has 0 atom stereocenters. The molecule has 0 unspecified atom stereocenters. The number of hydrogen-bond donors (Lipinski definition) is 1. The first-order chi connectivity index (χ1) is 6.84. The van der Waals surface area contributed by atoms with Gasteiger partial charge in [-0.2, -0.15) is 0 Å². The summed E-state index contributed by atoms with van der Waals surface area (Å²) in [6, 6.07) is 11.7. The van der Waals surface area contributed by atoms with Crippen LogP contribution in [0.25, 0.3) is 16.7 Å². The van der Waals surface area contributed by atoms with E-state index in [4.69, 9.17) is 5.73 Å². The summed E-state index contributed by atoms with van der Waals surface area (Å²) in [6.45, 7) is 0. The molecule has 68 valence electrons. The van der Waals surface area contributed by atoms with E-state index in [0.29, 0.717) is 0 Å². The second-order valence-corrected chi connectivity index (χ2v) is 3.29. The Labute approximate surface area is 80.8 Å². The fourth-order valence-electron chi connectivity index (χ4n) is 1.69. The predicted molar refractivity (Wildman–Crippen MR) is 57.1 cm³/mol. The normalized spacial score (nSPS) is 11.1. The molecule has 1 aromatic carbocycles. The highest BCUT2D eigenvalue weighted by Crippen LogP contribution is 2.18. The molecule has 0 aliphatic rings. The van der Waals surface area contributed by atoms with Gasteiger partial charge >= 0.3 is 0 Å². The van der Waals surface area contributed by atoms with Crippen molar-refractivity contribution in [2.45, 2.75) is 0 Å². The van der Waals surface area contributed by atoms with E-state index in [1.165, 1.54) is 0 Å². The Bertz CT molecular complexity index is 610. The largest absolute Gasteiger partial charge is 0.399 e. The molecule has 3 heteroatoms. The molecule has 0 aliphatic heterocycles. The van der Waals surface area contributed by atoms with E-state index in [1.807, 2.05) is 42.6 Å². The lowest BCUT2D eigenvalue weighted by Crippen LogP contribution is -1.84. The zero-order valence-electron chi connectivity index (χ0n) is 7.51. The average molecular weight is 183 g/mol. The quantitative estimate of drug-likeness (QED) is 0.542. The number of nitrogens with zero attached hydrogens (tertiary/aromatic N) is 2. The first kappa shape index (κ1) is 7.38. The zero-order chi connectivity index (χ0) is 9.54. The number of rotatable bonds is 0. The van der Waals surface area contributed by atoms with Crippen molar-refractivity contribution in [1.82, 2.24) is 9.38 Å². The molecule has 3 aromatic rings. The van der Waals surface area contributed by atoms with E-state index < -0.39 is 0 Å². The molecular formula is C11H9N3. The number of pyridine rings is 1. The molecule has 3 rings (SSSR count). The van der Waals surface area contributed by atoms with Gasteiger partial charge in [-0.15, -0.1) is 0 Å². The maximum atomic E-state index is 5.70. The molecule has 2 heterocycles. The fraction of sp³-hybridized carbons (Fsp3) is 0. The minimum Gasteiger partial charge on any atom is -0.399 e. The van der Waals surface area contributed by atoms with Gasteiger partial charge in [0, 0.05) is 11.9 Å². The molecule has 0 amide bonds. The fourth-order valence-corrected chi connectivity index (χ4v) is 1.69. The molecule has 0 saturated carbocycles. The number of imidazole rings is 1. The van der Waals surface area contributed by atoms with Crippen LogP contribution in [0.1, 0.15) is 0 Å². The molecule has 3 nitrogen and oxygen atoms in total. The van der Waals surface area contributed by atoms with E-state index in [9.17, 15) is 0 Å². The van der Waals surface area contributed by atoms with Gasteiger partial charge in [-0.25, -0.2) is 4.98 Å². The maximum absolute atomic E-state index is 5.70. The van der Waals surface area contributed by atoms with Gasteiger partial charge in [-0.3, -0.25) is 4.40 Å². The number of nitrogen functional groups attached to an aromatic ring is 1. The summed E-state index contributed by atoms with van der Waals surface area (Å²) < 4.78 is 2.05. The summed E-state index contributed by atoms with van der Waals surface area (Å²) >= 11 is 0. The first-order valence-electron chi connectivity index (χ1n) is 4.47. The highest BCUT2D eigenvalue weighted by Gasteiger charge is 2.02. The van der Waals surface area contributed by atoms with E-state index in [0.717, 1.165) is 22.4 Å². The monoisotopic (exact) mass is 183 g/mol. The van der Waals surface area contributed by atoms with Gasteiger partial charge in [0.25, 0.3) is 0 Å². The number of aromatic nitrogens is 2. The standard InChI is InChI=1S/C11H9N3/c12-8-4-5-10-9(7-8)13-11-3-1-2-6-14(10)11/h1-7H,12H2. The highest BCUT2D eigenvalue weighted by atomic mass is 15.0. The molecule has 2 aromatic heterocycles. The molecule has 0 bridgehead atoms. The topological polar surface area (TPSA) is 43.3 Å². The Morgan fingerprint density at radius 1 is 1.14 bits per heavy atom. The van der Waals surface area contributed by atoms with Crippen molar-refractivity contribution in [2.24, 2.45) is 0 Å². The van der Waals surface area contributed by atoms with Crippen LogP contribution in [0.4, 0.5) is 5.69 Å². The number of benzene rings is 1. The Balaban J connectivity index is 2.57. The molecule has 0 saturated heterocycles. The van der Waals surface area contributed by atoms with E-state index >= 15 is 0 Å². The molecule has 0 fully saturated rings. The van der Waals surface area contributed by atoms with Crippen molar-refractivity contribution in [3.05, 3.63) is 42.6 Å². The Kier molecular flexibility index (Phi) is 1.31. The van der Waals surface area contributed by atoms with E-state index in [-0.39, 0.29) is 0 Å². The number of fused-ring (bicyclic) bond motifs is 3. The van der Waals surface area contributed by atoms with Crippen LogP contribution in [0.5, 0.6) is 0 Å². The van der Waals surface area contributed by atoms with Crippen molar-refractivity contribution in [3.8, 4) is 0 Å². The smallest absolute Gasteiger partial charge is 0.137 e. The Morgan fingerprint density at radius 2 is 2.07 bits per heavy atom. The van der Waals surface area contributed by atoms with Crippen molar-refractivity contribution < 1.29 is 0 Å². The number of nitrogens with two attached hydrogens (primary N) is 1. The van der Waals surface area contributed by atoms with Crippen LogP contribution in [-0.2, 0) is 0 Å². The van der Waals surface area contributed by atoms with Gasteiger partial charge in [0.2, 0.25) is 0 Å². The summed E-state index contributed by atoms with van der Waals surface area (Å²) in [4.78, 5) is 4.46. The van der Waals surface area contributed by atoms with Gasteiger partial charge in [0.15, 0.2) is 0 Å². The van der Waals surface area contributed by atoms with Gasteiger partial charge in [-0.1, -0.05) is 6.07 Å². The minimum absolute atomic E-state index is 0.751. The van der Waals surface area contributed by atoms with Gasteiger partial charge < -0.3 is 5.73 Å². The van der Waals surface area contributed by atoms with Crippen molar-refractivity contribution >= 4 is 22.4 Å². The number of anilines is 1. The van der Waals surface area contributed by atoms with E-state index in [2.05, 4.69) is 9.38 Å². The summed E-state index contributed by atoms with van der Waals surface area (Å²) in [6.07, 6.45) is 2.00. The van der Waals surface area contributed by atoms with E-state index in [1.54, 1.807) is 0 Å². The third-order valence-corrected chi connectivity index (χ3v) is 2.33. The van der Waals surface area contributed by atoms with Crippen LogP contribution in [0, 0.1) is 0 Å². The third-order valence-electron chi connectivity index (χ3n) is 2.33. The van der Waals surface area contributed by atoms with Crippen LogP contribution in [0.15, 0.2) is 42.6 Å². The van der Waals surface area contributed by atoms with Crippen molar-refractivity contribution in [2.75, 3.05) is 5.73 Å². The zero-order valence-corrected chi connectivity index (χ0v) is 7.51. The lowest BCUT2D eigenvalue weighted by molar-refractivity contribution is 1.23. The number of hydrogen-bond acceptors (Lipinski definition) is 2. The van der Waals surface area contributed by atoms with Crippen LogP contribution < -0.4 is 5.73 Å². The highest BCUT2D eigenvalue weighted by molar-refractivity contribution is 5.83. The Morgan fingerprint density at radius 3 is 3.00 bits per heavy atom. The summed E-state index contributed by atoms with van der Waals surface area (Å²) in [5, 5.41) is 0. The van der Waals surface area contributed by atoms with Crippen LogP contribution in [-0.4, -0.2) is 9.38 Å². The third kappa shape index (κ3) is 0.893. The van der Waals surface area contributed by atoms with Crippen molar-refractivity contribution in [3.63, 3.8) is 0 Å². The molecule has 0 aliphatic carbocycles. The first-order valence-corrected chi connectivity index (χ1v) is 4.47. The summed E-state index contributed by atoms with van der Waals surface area (Å²) in [5.74, 6) is 0. The van der Waals surface area contributed by atoms with Crippen LogP contribution in [0.3, 0.4) is 0 Å². The van der Waals surface area contributed by atoms with Crippen LogP contribution in [0.2, 0.25) is 0 Å². The minimum atomic E-state index is 0.751. The summed E-state index contributed by atoms with van der Waals surface area (Å²) in [5.41, 5.74) is 9.43. The predicted octanol–water partition coefficient (Wildman–Crippen LogP) is 2.07. The molecule has 0 radical (unpaired) electrons. The van der Waals surface area contributed by atoms with Gasteiger partial charge in [0.05, 0.1) is 11.0 Å². The molecule has 2 N–H and O–H groups in total. The molecular weight excluding hydrogens is 174 g/mol. The average Bonchev–Trinajstić information content (AvgIpc) is 2.54. The second-order valence-electron chi connectivity index (χ2n) is 3.29. The maximum Gasteiger partial charge on any atom is 0.137 e. The van der Waals surface area contributed by atoms with Crippen molar-refractivity contribution in [1.29, 1.82) is 0 Å². The molecule has 0 spiro atoms. The molecule has 14 heavy (non-hydrogen) atoms. The second kappa shape index (κ2) is 2.48. The lowest BCUT2D eigenvalue weighted by Gasteiger charge is -1.94. The SMILES string of the molecule is Nc1ccc2c(c1)nc1ccccn12. The Hall–Kier alpha value is -2.03. The van der Waals surface area contributed by atoms with Gasteiger partial charge in [0.1, 0.15) is 5.65 Å². The van der Waals surface area contributed by atoms with Crippen LogP contribution >= 0.6 is 0 Å².